The number of hydrogen-bond acceptors (Lipinski definition) is 6. The number of nitrogens with one attached hydrogen (secondary N) is 1. The van der Waals surface area contributed by atoms with Crippen LogP contribution in [0.5, 0.6) is 0 Å². The van der Waals surface area contributed by atoms with E-state index in [1.807, 2.05) is 0 Å². The summed E-state index contributed by atoms with van der Waals surface area (Å²) in [6, 6.07) is 0.243. The Morgan fingerprint density at radius 2 is 2.20 bits per heavy atom. The highest BCUT2D eigenvalue weighted by Gasteiger charge is 2.23. The third-order valence-corrected chi connectivity index (χ3v) is 4.23. The Morgan fingerprint density at radius 1 is 1.47 bits per heavy atom. The van der Waals surface area contributed by atoms with Gasteiger partial charge in [0.2, 0.25) is 6.39 Å². The molecule has 7 heteroatoms. The first-order valence-corrected chi connectivity index (χ1v) is 6.67. The van der Waals surface area contributed by atoms with Gasteiger partial charge in [-0.15, -0.1) is 0 Å². The average Bonchev–Trinajstić information content (AvgIpc) is 2.69. The maximum absolute atomic E-state index is 11.2. The van der Waals surface area contributed by atoms with Crippen molar-refractivity contribution in [3.8, 4) is 0 Å². The maximum atomic E-state index is 11.2. The Balaban J connectivity index is 1.78. The molecule has 1 aliphatic rings. The third kappa shape index (κ3) is 3.00. The molecule has 1 N–H and O–H groups in total. The molecule has 6 nitrogen and oxygen atoms in total. The lowest BCUT2D eigenvalue weighted by Crippen LogP contribution is -2.37. The Labute approximate surface area is 88.0 Å². The van der Waals surface area contributed by atoms with Crippen LogP contribution in [-0.4, -0.2) is 36.1 Å². The van der Waals surface area contributed by atoms with Crippen LogP contribution in [0.1, 0.15) is 18.7 Å². The van der Waals surface area contributed by atoms with Crippen LogP contribution in [0.15, 0.2) is 10.9 Å². The third-order valence-electron chi connectivity index (χ3n) is 2.51. The van der Waals surface area contributed by atoms with Crippen LogP contribution in [0.4, 0.5) is 0 Å². The molecule has 2 heterocycles. The minimum atomic E-state index is -2.78. The predicted molar refractivity (Wildman–Crippen MR) is 52.8 cm³/mol. The van der Waals surface area contributed by atoms with Gasteiger partial charge in [0.25, 0.3) is 0 Å². The molecular formula is C8H13N3O3S. The highest BCUT2D eigenvalue weighted by atomic mass is 32.2. The lowest BCUT2D eigenvalue weighted by molar-refractivity contribution is 0.399. The van der Waals surface area contributed by atoms with Crippen LogP contribution >= 0.6 is 0 Å². The second-order valence-electron chi connectivity index (χ2n) is 3.65. The number of rotatable bonds is 3. The van der Waals surface area contributed by atoms with E-state index in [2.05, 4.69) is 20.0 Å². The first-order valence-electron chi connectivity index (χ1n) is 4.85. The topological polar surface area (TPSA) is 85.1 Å². The first kappa shape index (κ1) is 10.6. The van der Waals surface area contributed by atoms with Gasteiger partial charge in [-0.1, -0.05) is 5.16 Å². The molecule has 0 amide bonds. The molecule has 0 bridgehead atoms. The van der Waals surface area contributed by atoms with Crippen LogP contribution in [0.3, 0.4) is 0 Å². The Morgan fingerprint density at radius 3 is 2.80 bits per heavy atom. The van der Waals surface area contributed by atoms with Crippen LogP contribution in [0.2, 0.25) is 0 Å². The van der Waals surface area contributed by atoms with Gasteiger partial charge in [0.05, 0.1) is 18.1 Å². The number of aromatic nitrogens is 2. The van der Waals surface area contributed by atoms with Crippen molar-refractivity contribution in [2.75, 3.05) is 11.5 Å². The monoisotopic (exact) mass is 231 g/mol. The van der Waals surface area contributed by atoms with Gasteiger partial charge < -0.3 is 9.84 Å². The summed E-state index contributed by atoms with van der Waals surface area (Å²) in [6.45, 7) is 0.529. The van der Waals surface area contributed by atoms with Gasteiger partial charge in [-0.25, -0.2) is 8.42 Å². The zero-order valence-corrected chi connectivity index (χ0v) is 9.03. The summed E-state index contributed by atoms with van der Waals surface area (Å²) in [5.41, 5.74) is 0. The van der Waals surface area contributed by atoms with Crippen molar-refractivity contribution in [3.05, 3.63) is 12.2 Å². The summed E-state index contributed by atoms with van der Waals surface area (Å²) in [4.78, 5) is 3.87. The van der Waals surface area contributed by atoms with Gasteiger partial charge in [-0.05, 0) is 12.8 Å². The van der Waals surface area contributed by atoms with Crippen LogP contribution < -0.4 is 5.32 Å². The van der Waals surface area contributed by atoms with Crippen LogP contribution in [0.25, 0.3) is 0 Å². The SMILES string of the molecule is O=S1(=O)CCC(NCc2ncon2)CC1. The molecule has 0 aromatic carbocycles. The zero-order valence-electron chi connectivity index (χ0n) is 8.22. The van der Waals surface area contributed by atoms with E-state index in [9.17, 15) is 8.42 Å². The van der Waals surface area contributed by atoms with E-state index in [-0.39, 0.29) is 17.5 Å². The van der Waals surface area contributed by atoms with E-state index in [0.717, 1.165) is 0 Å². The van der Waals surface area contributed by atoms with Crippen LogP contribution in [0, 0.1) is 0 Å². The fourth-order valence-corrected chi connectivity index (χ4v) is 3.09. The smallest absolute Gasteiger partial charge is 0.213 e. The van der Waals surface area contributed by atoms with Gasteiger partial charge in [-0.3, -0.25) is 0 Å². The summed E-state index contributed by atoms with van der Waals surface area (Å²) in [6.07, 6.45) is 2.61. The summed E-state index contributed by atoms with van der Waals surface area (Å²) >= 11 is 0. The van der Waals surface area contributed by atoms with Crippen molar-refractivity contribution >= 4 is 9.84 Å². The van der Waals surface area contributed by atoms with E-state index in [1.54, 1.807) is 0 Å². The van der Waals surface area contributed by atoms with E-state index in [1.165, 1.54) is 6.39 Å². The summed E-state index contributed by atoms with van der Waals surface area (Å²) < 4.78 is 26.9. The minimum Gasteiger partial charge on any atom is -0.343 e. The largest absolute Gasteiger partial charge is 0.343 e. The zero-order chi connectivity index (χ0) is 10.7. The van der Waals surface area contributed by atoms with Gasteiger partial charge in [0, 0.05) is 6.04 Å². The molecule has 0 radical (unpaired) electrons. The molecular weight excluding hydrogens is 218 g/mol. The Hall–Kier alpha value is -0.950. The molecule has 1 aromatic heterocycles. The summed E-state index contributed by atoms with van der Waals surface area (Å²) in [5.74, 6) is 1.15. The van der Waals surface area contributed by atoms with Crippen molar-refractivity contribution < 1.29 is 12.9 Å². The van der Waals surface area contributed by atoms with Gasteiger partial charge in [0.15, 0.2) is 5.82 Å². The fourth-order valence-electron chi connectivity index (χ4n) is 1.60. The molecule has 1 saturated heterocycles. The standard InChI is InChI=1S/C8H13N3O3S/c12-15(13)3-1-7(2-4-15)9-5-8-10-6-14-11-8/h6-7,9H,1-5H2. The van der Waals surface area contributed by atoms with E-state index >= 15 is 0 Å². The lowest BCUT2D eigenvalue weighted by atomic mass is 10.1. The normalized spacial score (nSPS) is 21.6. The fraction of sp³-hybridized carbons (Fsp3) is 0.750. The molecule has 1 aromatic rings. The van der Waals surface area contributed by atoms with Crippen molar-refractivity contribution in [2.45, 2.75) is 25.4 Å². The van der Waals surface area contributed by atoms with Crippen molar-refractivity contribution in [2.24, 2.45) is 0 Å². The quantitative estimate of drug-likeness (QED) is 0.771. The molecule has 0 aliphatic carbocycles. The molecule has 0 atom stereocenters. The summed E-state index contributed by atoms with van der Waals surface area (Å²) in [5, 5.41) is 6.87. The Bertz CT molecular complexity index is 387. The minimum absolute atomic E-state index is 0.243. The average molecular weight is 231 g/mol. The highest BCUT2D eigenvalue weighted by molar-refractivity contribution is 7.91. The molecule has 84 valence electrons. The van der Waals surface area contributed by atoms with Crippen molar-refractivity contribution in [1.82, 2.24) is 15.5 Å². The number of hydrogen-bond donors (Lipinski definition) is 1. The van der Waals surface area contributed by atoms with E-state index in [0.29, 0.717) is 25.2 Å². The second kappa shape index (κ2) is 4.28. The number of nitrogens with zero attached hydrogens (tertiary/aromatic N) is 2. The van der Waals surface area contributed by atoms with Crippen molar-refractivity contribution in [3.63, 3.8) is 0 Å². The van der Waals surface area contributed by atoms with Crippen LogP contribution in [-0.2, 0) is 16.4 Å². The van der Waals surface area contributed by atoms with E-state index < -0.39 is 9.84 Å². The predicted octanol–water partition coefficient (Wildman–Crippen LogP) is -0.264. The second-order valence-corrected chi connectivity index (χ2v) is 5.96. The molecule has 15 heavy (non-hydrogen) atoms. The highest BCUT2D eigenvalue weighted by Crippen LogP contribution is 2.12. The van der Waals surface area contributed by atoms with Gasteiger partial charge in [0.1, 0.15) is 9.84 Å². The lowest BCUT2D eigenvalue weighted by Gasteiger charge is -2.22. The summed E-state index contributed by atoms with van der Waals surface area (Å²) in [7, 11) is -2.78. The molecule has 2 rings (SSSR count). The van der Waals surface area contributed by atoms with Gasteiger partial charge >= 0.3 is 0 Å². The van der Waals surface area contributed by atoms with Crippen molar-refractivity contribution in [1.29, 1.82) is 0 Å². The number of sulfone groups is 1. The molecule has 0 unspecified atom stereocenters. The van der Waals surface area contributed by atoms with Gasteiger partial charge in [-0.2, -0.15) is 4.98 Å². The van der Waals surface area contributed by atoms with E-state index in [4.69, 9.17) is 0 Å². The molecule has 1 fully saturated rings. The maximum Gasteiger partial charge on any atom is 0.213 e. The Kier molecular flexibility index (Phi) is 3.01. The first-order chi connectivity index (χ1) is 7.16. The molecule has 1 aliphatic heterocycles. The molecule has 0 saturated carbocycles. The molecule has 0 spiro atoms.